The number of fused-ring (bicyclic) bond motifs is 1. The molecule has 0 N–H and O–H groups in total. The van der Waals surface area contributed by atoms with Gasteiger partial charge in [0.2, 0.25) is 0 Å². The summed E-state index contributed by atoms with van der Waals surface area (Å²) < 4.78 is 18.3. The first kappa shape index (κ1) is 11.7. The van der Waals surface area contributed by atoms with Gasteiger partial charge in [0, 0.05) is 12.3 Å². The first-order valence-corrected chi connectivity index (χ1v) is 5.94. The maximum absolute atomic E-state index is 12.9. The Balaban J connectivity index is 2.10. The average Bonchev–Trinajstić information content (AvgIpc) is 2.82. The van der Waals surface area contributed by atoms with Crippen LogP contribution in [0.15, 0.2) is 52.9 Å². The molecule has 0 spiro atoms. The minimum atomic E-state index is -0.257. The van der Waals surface area contributed by atoms with Crippen molar-refractivity contribution in [3.8, 4) is 11.1 Å². The summed E-state index contributed by atoms with van der Waals surface area (Å²) in [7, 11) is 0. The van der Waals surface area contributed by atoms with E-state index in [1.54, 1.807) is 18.2 Å². The molecule has 3 aromatic rings. The predicted octanol–water partition coefficient (Wildman–Crippen LogP) is 4.44. The van der Waals surface area contributed by atoms with Crippen LogP contribution in [0.1, 0.15) is 17.5 Å². The van der Waals surface area contributed by atoms with Crippen molar-refractivity contribution >= 4 is 16.8 Å². The Hall–Kier alpha value is -2.42. The van der Waals surface area contributed by atoms with Gasteiger partial charge in [0.05, 0.1) is 0 Å². The SMILES string of the molecule is CC(=O)c1cc2cc(-c3ccc(F)cc3)ccc2o1. The molecule has 0 radical (unpaired) electrons. The fourth-order valence-electron chi connectivity index (χ4n) is 2.04. The Labute approximate surface area is 109 Å². The van der Waals surface area contributed by atoms with Gasteiger partial charge in [-0.15, -0.1) is 0 Å². The van der Waals surface area contributed by atoms with E-state index < -0.39 is 0 Å². The lowest BCUT2D eigenvalue weighted by atomic mass is 10.0. The summed E-state index contributed by atoms with van der Waals surface area (Å²) >= 11 is 0. The van der Waals surface area contributed by atoms with E-state index >= 15 is 0 Å². The average molecular weight is 254 g/mol. The highest BCUT2D eigenvalue weighted by Crippen LogP contribution is 2.27. The lowest BCUT2D eigenvalue weighted by Gasteiger charge is -2.01. The van der Waals surface area contributed by atoms with Crippen molar-refractivity contribution in [2.75, 3.05) is 0 Å². The van der Waals surface area contributed by atoms with Gasteiger partial charge < -0.3 is 4.42 Å². The van der Waals surface area contributed by atoms with Crippen LogP contribution in [0.3, 0.4) is 0 Å². The van der Waals surface area contributed by atoms with Crippen molar-refractivity contribution in [2.45, 2.75) is 6.92 Å². The van der Waals surface area contributed by atoms with E-state index in [-0.39, 0.29) is 11.6 Å². The van der Waals surface area contributed by atoms with Crippen molar-refractivity contribution < 1.29 is 13.6 Å². The lowest BCUT2D eigenvalue weighted by molar-refractivity contribution is 0.0989. The summed E-state index contributed by atoms with van der Waals surface area (Å²) in [5.41, 5.74) is 2.56. The molecular weight excluding hydrogens is 243 g/mol. The van der Waals surface area contributed by atoms with Crippen LogP contribution in [-0.2, 0) is 0 Å². The monoisotopic (exact) mass is 254 g/mol. The second-order valence-corrected chi connectivity index (χ2v) is 4.43. The van der Waals surface area contributed by atoms with Crippen molar-refractivity contribution in [1.29, 1.82) is 0 Å². The second-order valence-electron chi connectivity index (χ2n) is 4.43. The molecule has 0 saturated carbocycles. The molecule has 0 aliphatic heterocycles. The van der Waals surface area contributed by atoms with Crippen molar-refractivity contribution in [1.82, 2.24) is 0 Å². The van der Waals surface area contributed by atoms with Gasteiger partial charge in [0.15, 0.2) is 11.5 Å². The van der Waals surface area contributed by atoms with Crippen LogP contribution in [0, 0.1) is 5.82 Å². The smallest absolute Gasteiger partial charge is 0.194 e. The van der Waals surface area contributed by atoms with Crippen LogP contribution in [-0.4, -0.2) is 5.78 Å². The van der Waals surface area contributed by atoms with E-state index in [2.05, 4.69) is 0 Å². The largest absolute Gasteiger partial charge is 0.453 e. The summed E-state index contributed by atoms with van der Waals surface area (Å²) in [6, 6.07) is 13.7. The first-order valence-electron chi connectivity index (χ1n) is 5.94. The number of furan rings is 1. The molecule has 0 unspecified atom stereocenters. The van der Waals surface area contributed by atoms with Gasteiger partial charge >= 0.3 is 0 Å². The molecule has 3 heteroatoms. The minimum Gasteiger partial charge on any atom is -0.453 e. The summed E-state index contributed by atoms with van der Waals surface area (Å²) in [6.45, 7) is 1.47. The van der Waals surface area contributed by atoms with Crippen LogP contribution >= 0.6 is 0 Å². The zero-order valence-corrected chi connectivity index (χ0v) is 10.3. The molecule has 0 fully saturated rings. The third-order valence-corrected chi connectivity index (χ3v) is 3.04. The van der Waals surface area contributed by atoms with Gasteiger partial charge in [-0.1, -0.05) is 18.2 Å². The van der Waals surface area contributed by atoms with Crippen molar-refractivity contribution in [3.63, 3.8) is 0 Å². The summed E-state index contributed by atoms with van der Waals surface area (Å²) in [6.07, 6.45) is 0. The van der Waals surface area contributed by atoms with E-state index in [9.17, 15) is 9.18 Å². The topological polar surface area (TPSA) is 30.2 Å². The number of benzene rings is 2. The van der Waals surface area contributed by atoms with Gasteiger partial charge in [-0.25, -0.2) is 4.39 Å². The maximum Gasteiger partial charge on any atom is 0.194 e. The number of halogens is 1. The standard InChI is InChI=1S/C16H11FO2/c1-10(18)16-9-13-8-12(4-7-15(13)19-16)11-2-5-14(17)6-3-11/h2-9H,1H3. The molecule has 0 aliphatic carbocycles. The molecule has 0 atom stereocenters. The number of carbonyl (C=O) groups is 1. The number of hydrogen-bond donors (Lipinski definition) is 0. The van der Waals surface area contributed by atoms with Crippen LogP contribution in [0.2, 0.25) is 0 Å². The van der Waals surface area contributed by atoms with E-state index in [4.69, 9.17) is 4.42 Å². The molecule has 0 aliphatic rings. The maximum atomic E-state index is 12.9. The molecule has 0 saturated heterocycles. The molecule has 2 nitrogen and oxygen atoms in total. The zero-order valence-electron chi connectivity index (χ0n) is 10.3. The first-order chi connectivity index (χ1) is 9.13. The predicted molar refractivity (Wildman–Crippen MR) is 71.6 cm³/mol. The highest BCUT2D eigenvalue weighted by molar-refractivity contribution is 5.96. The van der Waals surface area contributed by atoms with E-state index in [1.165, 1.54) is 19.1 Å². The fraction of sp³-hybridized carbons (Fsp3) is 0.0625. The van der Waals surface area contributed by atoms with Crippen molar-refractivity contribution in [3.05, 3.63) is 60.1 Å². The Morgan fingerprint density at radius 3 is 2.37 bits per heavy atom. The van der Waals surface area contributed by atoms with Crippen LogP contribution in [0.5, 0.6) is 0 Å². The zero-order chi connectivity index (χ0) is 13.4. The molecule has 0 amide bonds. The normalized spacial score (nSPS) is 10.8. The molecule has 2 aromatic carbocycles. The molecular formula is C16H11FO2. The molecule has 19 heavy (non-hydrogen) atoms. The third-order valence-electron chi connectivity index (χ3n) is 3.04. The van der Waals surface area contributed by atoms with E-state index in [1.807, 2.05) is 18.2 Å². The minimum absolute atomic E-state index is 0.0977. The van der Waals surface area contributed by atoms with Gasteiger partial charge in [0.25, 0.3) is 0 Å². The number of ketones is 1. The van der Waals surface area contributed by atoms with Crippen LogP contribution in [0.4, 0.5) is 4.39 Å². The molecule has 3 rings (SSSR count). The number of rotatable bonds is 2. The Morgan fingerprint density at radius 1 is 1.00 bits per heavy atom. The van der Waals surface area contributed by atoms with Gasteiger partial charge in [-0.2, -0.15) is 0 Å². The third kappa shape index (κ3) is 2.15. The van der Waals surface area contributed by atoms with Crippen molar-refractivity contribution in [2.24, 2.45) is 0 Å². The Morgan fingerprint density at radius 2 is 1.68 bits per heavy atom. The summed E-state index contributed by atoms with van der Waals surface area (Å²) in [4.78, 5) is 11.3. The fourth-order valence-corrected chi connectivity index (χ4v) is 2.04. The summed E-state index contributed by atoms with van der Waals surface area (Å²) in [5, 5.41) is 0.868. The van der Waals surface area contributed by atoms with Crippen LogP contribution in [0.25, 0.3) is 22.1 Å². The highest BCUT2D eigenvalue weighted by Gasteiger charge is 2.08. The second kappa shape index (κ2) is 4.35. The van der Waals surface area contributed by atoms with Gasteiger partial charge in [-0.3, -0.25) is 4.79 Å². The van der Waals surface area contributed by atoms with Gasteiger partial charge in [0.1, 0.15) is 11.4 Å². The summed E-state index contributed by atoms with van der Waals surface area (Å²) in [5.74, 6) is -0.00204. The molecule has 0 bridgehead atoms. The quantitative estimate of drug-likeness (QED) is 0.633. The Bertz CT molecular complexity index is 754. The van der Waals surface area contributed by atoms with Crippen LogP contribution < -0.4 is 0 Å². The Kier molecular flexibility index (Phi) is 2.67. The highest BCUT2D eigenvalue weighted by atomic mass is 19.1. The number of Topliss-reactive ketones (excluding diaryl/α,β-unsaturated/α-hetero) is 1. The molecule has 1 heterocycles. The molecule has 1 aromatic heterocycles. The number of hydrogen-bond acceptors (Lipinski definition) is 2. The van der Waals surface area contributed by atoms with Gasteiger partial charge in [-0.05, 0) is 41.5 Å². The van der Waals surface area contributed by atoms with E-state index in [0.717, 1.165) is 16.5 Å². The number of carbonyl (C=O) groups excluding carboxylic acids is 1. The lowest BCUT2D eigenvalue weighted by Crippen LogP contribution is -1.85. The molecule has 94 valence electrons. The van der Waals surface area contributed by atoms with E-state index in [0.29, 0.717) is 11.3 Å².